The van der Waals surface area contributed by atoms with Crippen molar-refractivity contribution in [2.45, 2.75) is 19.9 Å². The van der Waals surface area contributed by atoms with Crippen LogP contribution in [0, 0.1) is 13.8 Å². The molecule has 0 fully saturated rings. The Morgan fingerprint density at radius 3 is 2.43 bits per heavy atom. The molecule has 4 rings (SSSR count). The minimum atomic E-state index is -0.826. The summed E-state index contributed by atoms with van der Waals surface area (Å²) in [4.78, 5) is 33.3. The van der Waals surface area contributed by atoms with Gasteiger partial charge in [-0.05, 0) is 43.0 Å². The predicted molar refractivity (Wildman–Crippen MR) is 108 cm³/mol. The number of hydrogen-bond acceptors (Lipinski definition) is 7. The maximum Gasteiger partial charge on any atom is 0.296 e. The van der Waals surface area contributed by atoms with Crippen molar-refractivity contribution in [1.29, 1.82) is 0 Å². The van der Waals surface area contributed by atoms with Crippen LogP contribution in [0.25, 0.3) is 0 Å². The maximum atomic E-state index is 13.1. The van der Waals surface area contributed by atoms with Crippen LogP contribution in [0.1, 0.15) is 31.8 Å². The first kappa shape index (κ1) is 18.4. The molecular formula is C20H16N2O4S2. The number of aryl methyl sites for hydroxylation is 2. The molecule has 2 aromatic heterocycles. The van der Waals surface area contributed by atoms with E-state index in [0.29, 0.717) is 15.6 Å². The summed E-state index contributed by atoms with van der Waals surface area (Å²) in [6.45, 7) is 3.74. The number of hydrogen-bond donors (Lipinski definition) is 2. The zero-order valence-corrected chi connectivity index (χ0v) is 16.7. The van der Waals surface area contributed by atoms with E-state index in [4.69, 9.17) is 0 Å². The number of aliphatic hydroxyl groups is 1. The average Bonchev–Trinajstić information content (AvgIpc) is 3.37. The van der Waals surface area contributed by atoms with Gasteiger partial charge in [-0.25, -0.2) is 4.98 Å². The summed E-state index contributed by atoms with van der Waals surface area (Å²) in [6, 6.07) is 8.81. The summed E-state index contributed by atoms with van der Waals surface area (Å²) in [5, 5.41) is 22.4. The Hall–Kier alpha value is -2.97. The fourth-order valence-electron chi connectivity index (χ4n) is 3.11. The number of phenolic OH excluding ortho intramolecular Hbond substituents is 1. The van der Waals surface area contributed by atoms with E-state index in [2.05, 4.69) is 4.98 Å². The van der Waals surface area contributed by atoms with Crippen molar-refractivity contribution >= 4 is 39.5 Å². The quantitative estimate of drug-likeness (QED) is 0.623. The summed E-state index contributed by atoms with van der Waals surface area (Å²) in [7, 11) is 0. The first-order chi connectivity index (χ1) is 13.4. The van der Waals surface area contributed by atoms with Crippen molar-refractivity contribution in [3.8, 4) is 5.75 Å². The zero-order valence-electron chi connectivity index (χ0n) is 15.0. The third-order valence-electron chi connectivity index (χ3n) is 4.63. The highest BCUT2D eigenvalue weighted by Crippen LogP contribution is 2.44. The molecule has 0 spiro atoms. The van der Waals surface area contributed by atoms with Crippen molar-refractivity contribution in [3.05, 3.63) is 74.1 Å². The average molecular weight is 412 g/mol. The van der Waals surface area contributed by atoms with Crippen LogP contribution in [-0.4, -0.2) is 26.9 Å². The highest BCUT2D eigenvalue weighted by molar-refractivity contribution is 7.16. The largest absolute Gasteiger partial charge is 0.508 e. The summed E-state index contributed by atoms with van der Waals surface area (Å²) in [5.74, 6) is -1.56. The molecular weight excluding hydrogens is 396 g/mol. The molecule has 0 unspecified atom stereocenters. The normalized spacial score (nSPS) is 16.9. The van der Waals surface area contributed by atoms with Crippen molar-refractivity contribution in [2.75, 3.05) is 4.90 Å². The molecule has 28 heavy (non-hydrogen) atoms. The topological polar surface area (TPSA) is 90.7 Å². The van der Waals surface area contributed by atoms with Crippen molar-refractivity contribution in [3.63, 3.8) is 0 Å². The molecule has 0 aliphatic carbocycles. The Bertz CT molecular complexity index is 1080. The van der Waals surface area contributed by atoms with Crippen LogP contribution in [0.5, 0.6) is 5.75 Å². The molecule has 0 radical (unpaired) electrons. The molecule has 2 N–H and O–H groups in total. The minimum Gasteiger partial charge on any atom is -0.508 e. The zero-order chi connectivity index (χ0) is 20.0. The number of carbonyl (C=O) groups excluding carboxylic acids is 2. The molecule has 3 aromatic rings. The number of anilines is 1. The van der Waals surface area contributed by atoms with Gasteiger partial charge in [-0.15, -0.1) is 22.7 Å². The van der Waals surface area contributed by atoms with Gasteiger partial charge in [-0.2, -0.15) is 0 Å². The van der Waals surface area contributed by atoms with Gasteiger partial charge in [-0.3, -0.25) is 14.5 Å². The van der Waals surface area contributed by atoms with Crippen molar-refractivity contribution in [1.82, 2.24) is 4.98 Å². The number of thiophene rings is 1. The van der Waals surface area contributed by atoms with Crippen molar-refractivity contribution in [2.24, 2.45) is 0 Å². The number of thiazole rings is 1. The standard InChI is InChI=1S/C20H16N2O4S2/c1-10-11(2)28-20(21-10)22-16(12-5-7-13(23)8-6-12)15(18(25)19(22)26)17(24)14-4-3-9-27-14/h3-9,16,23,25H,1-2H3/t16-/m1/s1. The Morgan fingerprint density at radius 1 is 1.14 bits per heavy atom. The molecule has 1 amide bonds. The van der Waals surface area contributed by atoms with Gasteiger partial charge in [0.1, 0.15) is 5.75 Å². The molecule has 1 aliphatic heterocycles. The fourth-order valence-corrected chi connectivity index (χ4v) is 4.72. The number of aliphatic hydroxyl groups excluding tert-OH is 1. The number of carbonyl (C=O) groups is 2. The van der Waals surface area contributed by atoms with Gasteiger partial charge in [0.15, 0.2) is 10.9 Å². The summed E-state index contributed by atoms with van der Waals surface area (Å²) in [6.07, 6.45) is 0. The molecule has 0 saturated heterocycles. The van der Waals surface area contributed by atoms with Crippen LogP contribution in [0.4, 0.5) is 5.13 Å². The van der Waals surface area contributed by atoms with E-state index >= 15 is 0 Å². The number of amides is 1. The number of aromatic hydroxyl groups is 1. The van der Waals surface area contributed by atoms with Crippen LogP contribution < -0.4 is 4.90 Å². The summed E-state index contributed by atoms with van der Waals surface area (Å²) < 4.78 is 0. The Balaban J connectivity index is 1.89. The number of phenols is 1. The number of Topliss-reactive ketones (excluding diaryl/α,β-unsaturated/α-hetero) is 1. The van der Waals surface area contributed by atoms with Crippen LogP contribution >= 0.6 is 22.7 Å². The van der Waals surface area contributed by atoms with Gasteiger partial charge in [0.25, 0.3) is 5.91 Å². The smallest absolute Gasteiger partial charge is 0.296 e. The highest BCUT2D eigenvalue weighted by atomic mass is 32.1. The van der Waals surface area contributed by atoms with Crippen LogP contribution in [0.3, 0.4) is 0 Å². The number of nitrogens with zero attached hydrogens (tertiary/aromatic N) is 2. The van der Waals surface area contributed by atoms with E-state index in [1.807, 2.05) is 13.8 Å². The van der Waals surface area contributed by atoms with Gasteiger partial charge in [-0.1, -0.05) is 18.2 Å². The van der Waals surface area contributed by atoms with Crippen LogP contribution in [0.15, 0.2) is 53.1 Å². The molecule has 142 valence electrons. The Kier molecular flexibility index (Phi) is 4.52. The Morgan fingerprint density at radius 2 is 1.86 bits per heavy atom. The molecule has 0 saturated carbocycles. The number of ketones is 1. The van der Waals surface area contributed by atoms with Gasteiger partial charge in [0, 0.05) is 4.88 Å². The van der Waals surface area contributed by atoms with E-state index in [9.17, 15) is 19.8 Å². The lowest BCUT2D eigenvalue weighted by Crippen LogP contribution is -2.30. The molecule has 1 atom stereocenters. The van der Waals surface area contributed by atoms with E-state index < -0.39 is 23.5 Å². The maximum absolute atomic E-state index is 13.1. The lowest BCUT2D eigenvalue weighted by Gasteiger charge is -2.24. The molecule has 0 bridgehead atoms. The number of benzene rings is 1. The second kappa shape index (κ2) is 6.88. The third-order valence-corrected chi connectivity index (χ3v) is 6.57. The first-order valence-corrected chi connectivity index (χ1v) is 10.2. The monoisotopic (exact) mass is 412 g/mol. The van der Waals surface area contributed by atoms with Gasteiger partial charge in [0.2, 0.25) is 5.78 Å². The van der Waals surface area contributed by atoms with E-state index in [-0.39, 0.29) is 11.3 Å². The second-order valence-electron chi connectivity index (χ2n) is 6.38. The molecule has 8 heteroatoms. The van der Waals surface area contributed by atoms with Gasteiger partial charge >= 0.3 is 0 Å². The van der Waals surface area contributed by atoms with Crippen LogP contribution in [-0.2, 0) is 4.79 Å². The van der Waals surface area contributed by atoms with E-state index in [0.717, 1.165) is 10.6 Å². The lowest BCUT2D eigenvalue weighted by atomic mass is 9.95. The summed E-state index contributed by atoms with van der Waals surface area (Å²) >= 11 is 2.58. The molecule has 1 aromatic carbocycles. The van der Waals surface area contributed by atoms with Gasteiger partial charge in [0.05, 0.1) is 22.2 Å². The predicted octanol–water partition coefficient (Wildman–Crippen LogP) is 4.31. The van der Waals surface area contributed by atoms with E-state index in [1.165, 1.54) is 39.7 Å². The first-order valence-electron chi connectivity index (χ1n) is 8.46. The second-order valence-corrected chi connectivity index (χ2v) is 8.51. The van der Waals surface area contributed by atoms with Crippen molar-refractivity contribution < 1.29 is 19.8 Å². The fraction of sp³-hybridized carbons (Fsp3) is 0.150. The third kappa shape index (κ3) is 2.90. The summed E-state index contributed by atoms with van der Waals surface area (Å²) in [5.41, 5.74) is 1.40. The van der Waals surface area contributed by atoms with E-state index in [1.54, 1.807) is 29.6 Å². The van der Waals surface area contributed by atoms with Crippen LogP contribution in [0.2, 0.25) is 0 Å². The minimum absolute atomic E-state index is 0.0173. The molecule has 1 aliphatic rings. The Labute approximate surface area is 169 Å². The number of rotatable bonds is 4. The SMILES string of the molecule is Cc1nc(N2C(=O)C(O)=C(C(=O)c3cccs3)[C@H]2c2ccc(O)cc2)sc1C. The van der Waals surface area contributed by atoms with Gasteiger partial charge < -0.3 is 10.2 Å². The lowest BCUT2D eigenvalue weighted by molar-refractivity contribution is -0.117. The molecule has 6 nitrogen and oxygen atoms in total. The number of aromatic nitrogens is 1. The highest BCUT2D eigenvalue weighted by Gasteiger charge is 2.46. The molecule has 3 heterocycles.